The van der Waals surface area contributed by atoms with Gasteiger partial charge in [0, 0.05) is 19.1 Å². The average Bonchev–Trinajstić information content (AvgIpc) is 2.82. The summed E-state index contributed by atoms with van der Waals surface area (Å²) in [5.74, 6) is 1.31. The van der Waals surface area contributed by atoms with Crippen LogP contribution in [0.2, 0.25) is 0 Å². The number of nitrogens with zero attached hydrogens (tertiary/aromatic N) is 1. The van der Waals surface area contributed by atoms with Crippen molar-refractivity contribution in [3.05, 3.63) is 35.1 Å². The van der Waals surface area contributed by atoms with Crippen molar-refractivity contribution in [1.29, 1.82) is 0 Å². The zero-order valence-electron chi connectivity index (χ0n) is 12.2. The second-order valence-corrected chi connectivity index (χ2v) is 6.04. The Morgan fingerprint density at radius 2 is 2.16 bits per heavy atom. The molecule has 2 nitrogen and oxygen atoms in total. The van der Waals surface area contributed by atoms with Crippen molar-refractivity contribution in [2.75, 3.05) is 19.6 Å². The summed E-state index contributed by atoms with van der Waals surface area (Å²) < 4.78 is 13.2. The van der Waals surface area contributed by atoms with Crippen molar-refractivity contribution < 1.29 is 4.39 Å². The van der Waals surface area contributed by atoms with Gasteiger partial charge in [0.05, 0.1) is 0 Å². The van der Waals surface area contributed by atoms with Crippen LogP contribution < -0.4 is 5.73 Å². The van der Waals surface area contributed by atoms with E-state index in [1.165, 1.54) is 12.0 Å². The van der Waals surface area contributed by atoms with Crippen molar-refractivity contribution in [2.45, 2.75) is 33.2 Å². The van der Waals surface area contributed by atoms with Gasteiger partial charge in [-0.15, -0.1) is 0 Å². The minimum Gasteiger partial charge on any atom is -0.329 e. The molecule has 1 aromatic carbocycles. The fourth-order valence-electron chi connectivity index (χ4n) is 3.13. The van der Waals surface area contributed by atoms with Gasteiger partial charge >= 0.3 is 0 Å². The van der Waals surface area contributed by atoms with Gasteiger partial charge in [0.2, 0.25) is 0 Å². The number of nitrogens with two attached hydrogens (primary N) is 1. The molecule has 2 rings (SSSR count). The lowest BCUT2D eigenvalue weighted by Crippen LogP contribution is -2.33. The molecule has 0 amide bonds. The summed E-state index contributed by atoms with van der Waals surface area (Å²) in [5, 5.41) is 0. The summed E-state index contributed by atoms with van der Waals surface area (Å²) in [5.41, 5.74) is 8.16. The van der Waals surface area contributed by atoms with E-state index >= 15 is 0 Å². The largest absolute Gasteiger partial charge is 0.329 e. The Morgan fingerprint density at radius 1 is 1.42 bits per heavy atom. The van der Waals surface area contributed by atoms with Crippen LogP contribution in [0.25, 0.3) is 0 Å². The van der Waals surface area contributed by atoms with Crippen LogP contribution in [0.1, 0.15) is 37.4 Å². The first-order valence-electron chi connectivity index (χ1n) is 7.23. The number of hydrogen-bond acceptors (Lipinski definition) is 2. The molecule has 0 aliphatic carbocycles. The zero-order chi connectivity index (χ0) is 14.0. The van der Waals surface area contributed by atoms with E-state index in [0.717, 1.165) is 30.5 Å². The van der Waals surface area contributed by atoms with Gasteiger partial charge in [0.25, 0.3) is 0 Å². The molecule has 106 valence electrons. The zero-order valence-corrected chi connectivity index (χ0v) is 12.2. The van der Waals surface area contributed by atoms with E-state index in [0.29, 0.717) is 6.54 Å². The standard InChI is InChI=1S/C16H25FN2/c1-11(2)13-6-7-19(10-13)16(9-18)15-5-4-14(17)8-12(15)3/h4-5,8,11,13,16H,6-7,9-10,18H2,1-3H3. The van der Waals surface area contributed by atoms with Gasteiger partial charge in [-0.3, -0.25) is 4.90 Å². The first-order chi connectivity index (χ1) is 9.02. The van der Waals surface area contributed by atoms with E-state index in [-0.39, 0.29) is 11.9 Å². The van der Waals surface area contributed by atoms with Crippen LogP contribution in [0.15, 0.2) is 18.2 Å². The summed E-state index contributed by atoms with van der Waals surface area (Å²) in [6.45, 7) is 9.34. The molecule has 0 bridgehead atoms. The Kier molecular flexibility index (Phi) is 4.58. The summed E-state index contributed by atoms with van der Waals surface area (Å²) in [6, 6.07) is 5.27. The van der Waals surface area contributed by atoms with Gasteiger partial charge in [-0.1, -0.05) is 19.9 Å². The van der Waals surface area contributed by atoms with Crippen molar-refractivity contribution in [3.63, 3.8) is 0 Å². The molecule has 0 aromatic heterocycles. The molecule has 0 spiro atoms. The highest BCUT2D eigenvalue weighted by Gasteiger charge is 2.30. The highest BCUT2D eigenvalue weighted by Crippen LogP contribution is 2.31. The Balaban J connectivity index is 2.16. The molecule has 2 atom stereocenters. The van der Waals surface area contributed by atoms with Crippen LogP contribution in [0.3, 0.4) is 0 Å². The van der Waals surface area contributed by atoms with Gasteiger partial charge in [-0.2, -0.15) is 0 Å². The molecular formula is C16H25FN2. The lowest BCUT2D eigenvalue weighted by Gasteiger charge is -2.29. The van der Waals surface area contributed by atoms with Gasteiger partial charge in [0.15, 0.2) is 0 Å². The van der Waals surface area contributed by atoms with Crippen molar-refractivity contribution in [3.8, 4) is 0 Å². The molecule has 1 saturated heterocycles. The maximum atomic E-state index is 13.2. The minimum atomic E-state index is -0.168. The van der Waals surface area contributed by atoms with Crippen LogP contribution in [0.4, 0.5) is 4.39 Å². The van der Waals surface area contributed by atoms with E-state index in [1.807, 2.05) is 13.0 Å². The molecule has 2 N–H and O–H groups in total. The maximum absolute atomic E-state index is 13.2. The van der Waals surface area contributed by atoms with E-state index in [9.17, 15) is 4.39 Å². The summed E-state index contributed by atoms with van der Waals surface area (Å²) >= 11 is 0. The van der Waals surface area contributed by atoms with Crippen molar-refractivity contribution >= 4 is 0 Å². The maximum Gasteiger partial charge on any atom is 0.123 e. The Labute approximate surface area is 115 Å². The minimum absolute atomic E-state index is 0.168. The highest BCUT2D eigenvalue weighted by molar-refractivity contribution is 5.30. The van der Waals surface area contributed by atoms with Crippen LogP contribution in [0, 0.1) is 24.6 Å². The normalized spacial score (nSPS) is 22.1. The molecule has 1 aromatic rings. The van der Waals surface area contributed by atoms with Crippen LogP contribution in [0.5, 0.6) is 0 Å². The predicted molar refractivity (Wildman–Crippen MR) is 77.5 cm³/mol. The van der Waals surface area contributed by atoms with E-state index in [4.69, 9.17) is 5.73 Å². The lowest BCUT2D eigenvalue weighted by atomic mass is 9.95. The molecule has 1 aliphatic heterocycles. The molecule has 19 heavy (non-hydrogen) atoms. The van der Waals surface area contributed by atoms with Crippen molar-refractivity contribution in [1.82, 2.24) is 4.90 Å². The molecule has 3 heteroatoms. The van der Waals surface area contributed by atoms with E-state index in [1.54, 1.807) is 12.1 Å². The van der Waals surface area contributed by atoms with Crippen molar-refractivity contribution in [2.24, 2.45) is 17.6 Å². The second-order valence-electron chi connectivity index (χ2n) is 6.04. The second kappa shape index (κ2) is 6.02. The quantitative estimate of drug-likeness (QED) is 0.905. The van der Waals surface area contributed by atoms with Crippen LogP contribution in [-0.4, -0.2) is 24.5 Å². The summed E-state index contributed by atoms with van der Waals surface area (Å²) in [6.07, 6.45) is 1.24. The van der Waals surface area contributed by atoms with Crippen LogP contribution in [-0.2, 0) is 0 Å². The third-order valence-corrected chi connectivity index (χ3v) is 4.45. The van der Waals surface area contributed by atoms with Gasteiger partial charge < -0.3 is 5.73 Å². The molecule has 0 radical (unpaired) electrons. The number of rotatable bonds is 4. The third-order valence-electron chi connectivity index (χ3n) is 4.45. The fraction of sp³-hybridized carbons (Fsp3) is 0.625. The third kappa shape index (κ3) is 3.15. The molecule has 1 aliphatic rings. The first-order valence-corrected chi connectivity index (χ1v) is 7.23. The fourth-order valence-corrected chi connectivity index (χ4v) is 3.13. The van der Waals surface area contributed by atoms with E-state index < -0.39 is 0 Å². The topological polar surface area (TPSA) is 29.3 Å². The smallest absolute Gasteiger partial charge is 0.123 e. The van der Waals surface area contributed by atoms with Gasteiger partial charge in [-0.25, -0.2) is 4.39 Å². The number of aryl methyl sites for hydroxylation is 1. The molecule has 1 heterocycles. The predicted octanol–water partition coefficient (Wildman–Crippen LogP) is 3.11. The average molecular weight is 264 g/mol. The Hall–Kier alpha value is -0.930. The SMILES string of the molecule is Cc1cc(F)ccc1C(CN)N1CCC(C(C)C)C1. The highest BCUT2D eigenvalue weighted by atomic mass is 19.1. The first kappa shape index (κ1) is 14.5. The number of likely N-dealkylation sites (tertiary alicyclic amines) is 1. The number of benzene rings is 1. The van der Waals surface area contributed by atoms with Gasteiger partial charge in [-0.05, 0) is 55.0 Å². The Bertz CT molecular complexity index is 431. The molecule has 2 unspecified atom stereocenters. The molecule has 0 saturated carbocycles. The number of halogens is 1. The van der Waals surface area contributed by atoms with E-state index in [2.05, 4.69) is 18.7 Å². The Morgan fingerprint density at radius 3 is 2.68 bits per heavy atom. The lowest BCUT2D eigenvalue weighted by molar-refractivity contribution is 0.231. The van der Waals surface area contributed by atoms with Gasteiger partial charge in [0.1, 0.15) is 5.82 Å². The monoisotopic (exact) mass is 264 g/mol. The number of hydrogen-bond donors (Lipinski definition) is 1. The summed E-state index contributed by atoms with van der Waals surface area (Å²) in [7, 11) is 0. The molecule has 1 fully saturated rings. The molecular weight excluding hydrogens is 239 g/mol. The van der Waals surface area contributed by atoms with Crippen LogP contribution >= 0.6 is 0 Å². The summed E-state index contributed by atoms with van der Waals surface area (Å²) in [4.78, 5) is 2.46.